The van der Waals surface area contributed by atoms with Crippen molar-refractivity contribution in [3.8, 4) is 0 Å². The van der Waals surface area contributed by atoms with E-state index >= 15 is 0 Å². The van der Waals surface area contributed by atoms with Crippen molar-refractivity contribution in [2.75, 3.05) is 0 Å². The topological polar surface area (TPSA) is 60.7 Å². The van der Waals surface area contributed by atoms with Crippen LogP contribution >= 0.6 is 0 Å². The Morgan fingerprint density at radius 3 is 2.14 bits per heavy atom. The third kappa shape index (κ3) is 4.43. The van der Waals surface area contributed by atoms with Crippen molar-refractivity contribution in [2.45, 2.75) is 155 Å². The Hall–Kier alpha value is -0.120. The quantitative estimate of drug-likeness (QED) is 0.365. The van der Waals surface area contributed by atoms with E-state index in [4.69, 9.17) is 0 Å². The molecule has 0 bridgehead atoms. The van der Waals surface area contributed by atoms with E-state index in [1.807, 2.05) is 0 Å². The average Bonchev–Trinajstić information content (AvgIpc) is 3.17. The van der Waals surface area contributed by atoms with Crippen LogP contribution in [0, 0.1) is 52.3 Å². The molecule has 0 unspecified atom stereocenters. The fraction of sp³-hybridized carbons (Fsp3) is 1.00. The lowest BCUT2D eigenvalue weighted by Gasteiger charge is -2.63. The van der Waals surface area contributed by atoms with Gasteiger partial charge in [0.15, 0.2) is 0 Å². The zero-order valence-electron chi connectivity index (χ0n) is 24.5. The van der Waals surface area contributed by atoms with Gasteiger partial charge >= 0.3 is 0 Å². The molecule has 0 saturated heterocycles. The largest absolute Gasteiger partial charge is 0.390 e. The van der Waals surface area contributed by atoms with E-state index in [-0.39, 0.29) is 0 Å². The molecule has 9 atom stereocenters. The summed E-state index contributed by atoms with van der Waals surface area (Å²) in [7, 11) is 0. The number of fused-ring (bicyclic) bond motifs is 5. The summed E-state index contributed by atoms with van der Waals surface area (Å²) in [5.74, 6) is 5.35. The zero-order valence-corrected chi connectivity index (χ0v) is 24.5. The van der Waals surface area contributed by atoms with E-state index < -0.39 is 16.8 Å². The third-order valence-corrected chi connectivity index (χ3v) is 13.9. The highest BCUT2D eigenvalue weighted by atomic mass is 16.4. The van der Waals surface area contributed by atoms with Crippen LogP contribution in [0.25, 0.3) is 0 Å². The second-order valence-corrected chi connectivity index (χ2v) is 16.1. The predicted molar refractivity (Wildman–Crippen MR) is 147 cm³/mol. The van der Waals surface area contributed by atoms with Gasteiger partial charge in [0.05, 0.1) is 16.8 Å². The van der Waals surface area contributed by atoms with E-state index in [1.54, 1.807) is 13.8 Å². The molecule has 0 aromatic heterocycles. The fourth-order valence-electron chi connectivity index (χ4n) is 11.0. The normalized spacial score (nSPS) is 52.2. The van der Waals surface area contributed by atoms with Gasteiger partial charge in [-0.1, -0.05) is 27.7 Å². The Morgan fingerprint density at radius 1 is 0.806 bits per heavy atom. The van der Waals surface area contributed by atoms with E-state index in [2.05, 4.69) is 27.7 Å². The van der Waals surface area contributed by atoms with Gasteiger partial charge < -0.3 is 15.3 Å². The highest BCUT2D eigenvalue weighted by Gasteiger charge is 2.62. The summed E-state index contributed by atoms with van der Waals surface area (Å²) in [5, 5.41) is 33.3. The first-order valence-electron chi connectivity index (χ1n) is 15.9. The molecule has 5 fully saturated rings. The van der Waals surface area contributed by atoms with Gasteiger partial charge in [0.1, 0.15) is 0 Å². The van der Waals surface area contributed by atoms with Crippen LogP contribution in [0.1, 0.15) is 138 Å². The lowest BCUT2D eigenvalue weighted by Crippen LogP contribution is -2.60. The van der Waals surface area contributed by atoms with Crippen LogP contribution in [0.2, 0.25) is 0 Å². The number of aliphatic hydroxyl groups is 3. The standard InChI is InChI=1S/C33H58O3/c1-22-11-16-32(35,17-12-22)18-13-23(2)26-9-10-27-25-8-7-24-21-33(36,29(3,4)34)20-19-30(24,5)28(25)14-15-31(26,27)6/h22-28,34-36H,7-21H2,1-6H3/t22?,23-,24+,25+,26-,27+,28+,30+,31-,32?,33+/m1/s1. The van der Waals surface area contributed by atoms with Gasteiger partial charge in [-0.3, -0.25) is 0 Å². The highest BCUT2D eigenvalue weighted by Crippen LogP contribution is 2.69. The van der Waals surface area contributed by atoms with Crippen LogP contribution in [0.15, 0.2) is 0 Å². The van der Waals surface area contributed by atoms with Crippen molar-refractivity contribution >= 4 is 0 Å². The van der Waals surface area contributed by atoms with Gasteiger partial charge in [0.2, 0.25) is 0 Å². The molecule has 0 amide bonds. The first kappa shape index (κ1) is 27.4. The number of hydrogen-bond donors (Lipinski definition) is 3. The molecule has 0 radical (unpaired) electrons. The van der Waals surface area contributed by atoms with Crippen molar-refractivity contribution in [1.29, 1.82) is 0 Å². The van der Waals surface area contributed by atoms with Crippen LogP contribution in [0.5, 0.6) is 0 Å². The molecule has 5 aliphatic rings. The lowest BCUT2D eigenvalue weighted by molar-refractivity contribution is -0.204. The minimum atomic E-state index is -1.02. The summed E-state index contributed by atoms with van der Waals surface area (Å²) in [6.07, 6.45) is 17.3. The van der Waals surface area contributed by atoms with Gasteiger partial charge in [0.25, 0.3) is 0 Å². The Morgan fingerprint density at radius 2 is 1.47 bits per heavy atom. The van der Waals surface area contributed by atoms with E-state index in [0.29, 0.717) is 22.7 Å². The summed E-state index contributed by atoms with van der Waals surface area (Å²) in [5.41, 5.74) is -1.55. The summed E-state index contributed by atoms with van der Waals surface area (Å²) in [4.78, 5) is 0. The molecule has 5 saturated carbocycles. The van der Waals surface area contributed by atoms with Crippen LogP contribution in [-0.4, -0.2) is 32.1 Å². The third-order valence-electron chi connectivity index (χ3n) is 13.9. The van der Waals surface area contributed by atoms with Gasteiger partial charge in [-0.05, 0) is 162 Å². The maximum Gasteiger partial charge on any atom is 0.0930 e. The highest BCUT2D eigenvalue weighted by molar-refractivity contribution is 5.12. The molecule has 5 aliphatic carbocycles. The Labute approximate surface area is 222 Å². The molecule has 36 heavy (non-hydrogen) atoms. The molecule has 0 spiro atoms. The second-order valence-electron chi connectivity index (χ2n) is 16.1. The second kappa shape index (κ2) is 9.22. The van der Waals surface area contributed by atoms with Crippen molar-refractivity contribution in [3.05, 3.63) is 0 Å². The smallest absolute Gasteiger partial charge is 0.0930 e. The number of hydrogen-bond acceptors (Lipinski definition) is 3. The molecule has 3 nitrogen and oxygen atoms in total. The van der Waals surface area contributed by atoms with Gasteiger partial charge in [0, 0.05) is 0 Å². The first-order valence-corrected chi connectivity index (χ1v) is 15.9. The Bertz CT molecular complexity index is 793. The number of rotatable bonds is 5. The van der Waals surface area contributed by atoms with Crippen LogP contribution in [0.3, 0.4) is 0 Å². The molecule has 5 rings (SSSR count). The molecule has 3 heteroatoms. The minimum Gasteiger partial charge on any atom is -0.390 e. The SMILES string of the molecule is CC1CCC(O)(CC[C@@H](C)[C@H]2CC[C@H]3[C@@H]4CC[C@H]5C[C@](O)(C(C)(C)O)CC[C@]5(C)[C@H]4CC[C@]23C)CC1. The van der Waals surface area contributed by atoms with E-state index in [9.17, 15) is 15.3 Å². The molecule has 208 valence electrons. The van der Waals surface area contributed by atoms with E-state index in [1.165, 1.54) is 57.8 Å². The molecule has 3 N–H and O–H groups in total. The average molecular weight is 503 g/mol. The van der Waals surface area contributed by atoms with Gasteiger partial charge in [-0.2, -0.15) is 0 Å². The molecule has 0 heterocycles. The Kier molecular flexibility index (Phi) is 7.03. The van der Waals surface area contributed by atoms with Crippen molar-refractivity contribution in [2.24, 2.45) is 52.3 Å². The fourth-order valence-corrected chi connectivity index (χ4v) is 11.0. The van der Waals surface area contributed by atoms with Crippen molar-refractivity contribution in [1.82, 2.24) is 0 Å². The van der Waals surface area contributed by atoms with Crippen LogP contribution in [0.4, 0.5) is 0 Å². The van der Waals surface area contributed by atoms with E-state index in [0.717, 1.165) is 68.1 Å². The van der Waals surface area contributed by atoms with Crippen LogP contribution < -0.4 is 0 Å². The predicted octanol–water partition coefficient (Wildman–Crippen LogP) is 7.50. The van der Waals surface area contributed by atoms with Gasteiger partial charge in [-0.25, -0.2) is 0 Å². The lowest BCUT2D eigenvalue weighted by atomic mass is 9.43. The first-order chi connectivity index (χ1) is 16.7. The zero-order chi connectivity index (χ0) is 26.1. The Balaban J connectivity index is 1.25. The molecule has 0 aromatic carbocycles. The summed E-state index contributed by atoms with van der Waals surface area (Å²) < 4.78 is 0. The van der Waals surface area contributed by atoms with Crippen LogP contribution in [-0.2, 0) is 0 Å². The molecule has 0 aromatic rings. The van der Waals surface area contributed by atoms with Gasteiger partial charge in [-0.15, -0.1) is 0 Å². The summed E-state index contributed by atoms with van der Waals surface area (Å²) >= 11 is 0. The van der Waals surface area contributed by atoms with Crippen molar-refractivity contribution in [3.63, 3.8) is 0 Å². The maximum absolute atomic E-state index is 11.4. The maximum atomic E-state index is 11.4. The minimum absolute atomic E-state index is 0.326. The summed E-state index contributed by atoms with van der Waals surface area (Å²) in [6, 6.07) is 0. The molecule has 0 aliphatic heterocycles. The summed E-state index contributed by atoms with van der Waals surface area (Å²) in [6.45, 7) is 13.7. The monoisotopic (exact) mass is 502 g/mol. The van der Waals surface area contributed by atoms with Crippen molar-refractivity contribution < 1.29 is 15.3 Å². The molecular formula is C33H58O3. The molecular weight excluding hydrogens is 444 g/mol.